The number of carbonyl (C=O) groups is 2. The maximum Gasteiger partial charge on any atom is 0.252 e. The second-order valence-electron chi connectivity index (χ2n) is 5.27. The second kappa shape index (κ2) is 7.56. The summed E-state index contributed by atoms with van der Waals surface area (Å²) in [6, 6.07) is 3.52. The highest BCUT2D eigenvalue weighted by atomic mass is 35.5. The molecule has 0 aromatic heterocycles. The standard InChI is InChI=1S/C15H18ClFN2O3/c16-13-8-10(17)3-4-12(13)15(22)18-6-5-14(21)19-7-1-2-11(20)9-19/h3-4,8,11,20H,1-2,5-7,9H2,(H,18,22). The van der Waals surface area contributed by atoms with Gasteiger partial charge < -0.3 is 15.3 Å². The van der Waals surface area contributed by atoms with E-state index in [-0.39, 0.29) is 29.5 Å². The van der Waals surface area contributed by atoms with E-state index in [0.29, 0.717) is 19.5 Å². The van der Waals surface area contributed by atoms with Gasteiger partial charge in [-0.1, -0.05) is 11.6 Å². The summed E-state index contributed by atoms with van der Waals surface area (Å²) in [4.78, 5) is 25.5. The first-order valence-electron chi connectivity index (χ1n) is 7.16. The first-order valence-corrected chi connectivity index (χ1v) is 7.54. The fourth-order valence-corrected chi connectivity index (χ4v) is 2.64. The van der Waals surface area contributed by atoms with Crippen molar-refractivity contribution in [3.63, 3.8) is 0 Å². The molecular formula is C15H18ClFN2O3. The zero-order valence-corrected chi connectivity index (χ0v) is 12.8. The number of nitrogens with zero attached hydrogens (tertiary/aromatic N) is 1. The third-order valence-corrected chi connectivity index (χ3v) is 3.86. The minimum atomic E-state index is -0.514. The zero-order valence-electron chi connectivity index (χ0n) is 12.0. The van der Waals surface area contributed by atoms with Crippen LogP contribution in [0.25, 0.3) is 0 Å². The molecule has 5 nitrogen and oxygen atoms in total. The molecule has 1 aromatic rings. The van der Waals surface area contributed by atoms with Crippen LogP contribution in [0, 0.1) is 5.82 Å². The van der Waals surface area contributed by atoms with Gasteiger partial charge in [0.1, 0.15) is 5.82 Å². The number of hydrogen-bond donors (Lipinski definition) is 2. The molecule has 2 rings (SSSR count). The molecule has 1 aliphatic heterocycles. The van der Waals surface area contributed by atoms with Gasteiger partial charge in [0.15, 0.2) is 0 Å². The number of β-amino-alcohol motifs (C(OH)–C–C–N with tert-alkyl or cyclic N) is 1. The summed E-state index contributed by atoms with van der Waals surface area (Å²) < 4.78 is 12.9. The van der Waals surface area contributed by atoms with E-state index in [0.717, 1.165) is 18.6 Å². The number of carbonyl (C=O) groups excluding carboxylic acids is 2. The van der Waals surface area contributed by atoms with Crippen molar-refractivity contribution in [2.45, 2.75) is 25.4 Å². The van der Waals surface area contributed by atoms with Crippen LogP contribution in [0.2, 0.25) is 5.02 Å². The molecule has 7 heteroatoms. The fraction of sp³-hybridized carbons (Fsp3) is 0.467. The van der Waals surface area contributed by atoms with E-state index in [2.05, 4.69) is 5.32 Å². The van der Waals surface area contributed by atoms with E-state index >= 15 is 0 Å². The summed E-state index contributed by atoms with van der Waals surface area (Å²) in [6.07, 6.45) is 1.18. The van der Waals surface area contributed by atoms with Gasteiger partial charge in [-0.15, -0.1) is 0 Å². The highest BCUT2D eigenvalue weighted by Gasteiger charge is 2.21. The van der Waals surface area contributed by atoms with Gasteiger partial charge >= 0.3 is 0 Å². The fourth-order valence-electron chi connectivity index (χ4n) is 2.39. The van der Waals surface area contributed by atoms with Gasteiger partial charge in [-0.2, -0.15) is 0 Å². The van der Waals surface area contributed by atoms with Crippen molar-refractivity contribution in [2.75, 3.05) is 19.6 Å². The van der Waals surface area contributed by atoms with Crippen molar-refractivity contribution in [1.29, 1.82) is 0 Å². The van der Waals surface area contributed by atoms with Gasteiger partial charge in [-0.25, -0.2) is 4.39 Å². The van der Waals surface area contributed by atoms with Crippen LogP contribution in [-0.2, 0) is 4.79 Å². The summed E-state index contributed by atoms with van der Waals surface area (Å²) in [6.45, 7) is 1.14. The van der Waals surface area contributed by atoms with Crippen molar-refractivity contribution >= 4 is 23.4 Å². The Hall–Kier alpha value is -1.66. The summed E-state index contributed by atoms with van der Waals surface area (Å²) in [5.74, 6) is -1.07. The van der Waals surface area contributed by atoms with E-state index in [1.807, 2.05) is 0 Å². The van der Waals surface area contributed by atoms with Gasteiger partial charge in [0, 0.05) is 26.1 Å². The van der Waals surface area contributed by atoms with Gasteiger partial charge in [-0.3, -0.25) is 9.59 Å². The van der Waals surface area contributed by atoms with Gasteiger partial charge in [0.25, 0.3) is 5.91 Å². The van der Waals surface area contributed by atoms with E-state index in [1.165, 1.54) is 6.07 Å². The Morgan fingerprint density at radius 2 is 2.23 bits per heavy atom. The minimum Gasteiger partial charge on any atom is -0.391 e. The van der Waals surface area contributed by atoms with Crippen molar-refractivity contribution < 1.29 is 19.1 Å². The predicted octanol–water partition coefficient (Wildman–Crippen LogP) is 1.58. The Morgan fingerprint density at radius 3 is 2.91 bits per heavy atom. The van der Waals surface area contributed by atoms with E-state index in [4.69, 9.17) is 11.6 Å². The number of benzene rings is 1. The van der Waals surface area contributed by atoms with E-state index < -0.39 is 17.8 Å². The number of piperidine rings is 1. The average molecular weight is 329 g/mol. The Labute approximate surface area is 133 Å². The zero-order chi connectivity index (χ0) is 16.1. The monoisotopic (exact) mass is 328 g/mol. The number of aliphatic hydroxyl groups excluding tert-OH is 1. The second-order valence-corrected chi connectivity index (χ2v) is 5.67. The van der Waals surface area contributed by atoms with Crippen LogP contribution in [0.15, 0.2) is 18.2 Å². The van der Waals surface area contributed by atoms with E-state index in [1.54, 1.807) is 4.90 Å². The molecule has 22 heavy (non-hydrogen) atoms. The van der Waals surface area contributed by atoms with Gasteiger partial charge in [0.2, 0.25) is 5.91 Å². The molecule has 0 spiro atoms. The quantitative estimate of drug-likeness (QED) is 0.881. The van der Waals surface area contributed by atoms with Crippen molar-refractivity contribution in [3.8, 4) is 0 Å². The van der Waals surface area contributed by atoms with Crippen LogP contribution in [0.5, 0.6) is 0 Å². The van der Waals surface area contributed by atoms with Crippen LogP contribution < -0.4 is 5.32 Å². The van der Waals surface area contributed by atoms with Crippen LogP contribution in [0.3, 0.4) is 0 Å². The molecule has 1 heterocycles. The van der Waals surface area contributed by atoms with Gasteiger partial charge in [-0.05, 0) is 31.0 Å². The first kappa shape index (κ1) is 16.7. The highest BCUT2D eigenvalue weighted by molar-refractivity contribution is 6.33. The lowest BCUT2D eigenvalue weighted by Crippen LogP contribution is -2.43. The van der Waals surface area contributed by atoms with Crippen LogP contribution in [0.4, 0.5) is 4.39 Å². The number of likely N-dealkylation sites (tertiary alicyclic amines) is 1. The summed E-state index contributed by atoms with van der Waals surface area (Å²) in [5, 5.41) is 12.1. The Bertz CT molecular complexity index is 568. The summed E-state index contributed by atoms with van der Waals surface area (Å²) >= 11 is 5.80. The number of nitrogens with one attached hydrogen (secondary N) is 1. The lowest BCUT2D eigenvalue weighted by Gasteiger charge is -2.30. The van der Waals surface area contributed by atoms with Crippen LogP contribution >= 0.6 is 11.6 Å². The van der Waals surface area contributed by atoms with E-state index in [9.17, 15) is 19.1 Å². The molecule has 0 aliphatic carbocycles. The van der Waals surface area contributed by atoms with Gasteiger partial charge in [0.05, 0.1) is 16.7 Å². The number of aliphatic hydroxyl groups is 1. The molecule has 120 valence electrons. The maximum atomic E-state index is 12.9. The molecule has 1 atom stereocenters. The smallest absolute Gasteiger partial charge is 0.252 e. The third kappa shape index (κ3) is 4.42. The molecule has 0 bridgehead atoms. The largest absolute Gasteiger partial charge is 0.391 e. The lowest BCUT2D eigenvalue weighted by molar-refractivity contribution is -0.134. The first-order chi connectivity index (χ1) is 10.5. The summed E-state index contributed by atoms with van der Waals surface area (Å²) in [5.41, 5.74) is 0.170. The molecule has 0 saturated carbocycles. The summed E-state index contributed by atoms with van der Waals surface area (Å²) in [7, 11) is 0. The molecule has 1 unspecified atom stereocenters. The average Bonchev–Trinajstić information content (AvgIpc) is 2.46. The third-order valence-electron chi connectivity index (χ3n) is 3.55. The molecule has 1 saturated heterocycles. The van der Waals surface area contributed by atoms with Crippen LogP contribution in [0.1, 0.15) is 29.6 Å². The number of halogens is 2. The molecule has 1 aliphatic rings. The van der Waals surface area contributed by atoms with Crippen LogP contribution in [-0.4, -0.2) is 47.6 Å². The molecule has 1 aromatic carbocycles. The number of amides is 2. The van der Waals surface area contributed by atoms with Crippen molar-refractivity contribution in [3.05, 3.63) is 34.6 Å². The Morgan fingerprint density at radius 1 is 1.45 bits per heavy atom. The molecular weight excluding hydrogens is 311 g/mol. The highest BCUT2D eigenvalue weighted by Crippen LogP contribution is 2.17. The SMILES string of the molecule is O=C(NCCC(=O)N1CCCC(O)C1)c1ccc(F)cc1Cl. The lowest BCUT2D eigenvalue weighted by atomic mass is 10.1. The van der Waals surface area contributed by atoms with Crippen molar-refractivity contribution in [1.82, 2.24) is 10.2 Å². The number of rotatable bonds is 4. The molecule has 2 N–H and O–H groups in total. The maximum absolute atomic E-state index is 12.9. The van der Waals surface area contributed by atoms with Crippen molar-refractivity contribution in [2.24, 2.45) is 0 Å². The number of hydrogen-bond acceptors (Lipinski definition) is 3. The molecule has 1 fully saturated rings. The Kier molecular flexibility index (Phi) is 5.74. The molecule has 2 amide bonds. The minimum absolute atomic E-state index is 0.0305. The Balaban J connectivity index is 1.80. The molecule has 0 radical (unpaired) electrons. The predicted molar refractivity (Wildman–Crippen MR) is 80.2 cm³/mol. The topological polar surface area (TPSA) is 69.6 Å². The normalized spacial score (nSPS) is 18.1.